The molecule has 0 saturated heterocycles. The number of hydrogen-bond donors (Lipinski definition) is 2. The zero-order chi connectivity index (χ0) is 10.5. The van der Waals surface area contributed by atoms with Crippen molar-refractivity contribution in [3.63, 3.8) is 0 Å². The third-order valence-electron chi connectivity index (χ3n) is 3.24. The molecule has 1 aliphatic rings. The highest BCUT2D eigenvalue weighted by Gasteiger charge is 2.56. The molecular formula is C11H14BrNO. The Labute approximate surface area is 92.3 Å². The van der Waals surface area contributed by atoms with Crippen molar-refractivity contribution in [2.24, 2.45) is 11.1 Å². The van der Waals surface area contributed by atoms with E-state index in [4.69, 9.17) is 5.73 Å². The van der Waals surface area contributed by atoms with Crippen LogP contribution in [0.25, 0.3) is 0 Å². The van der Waals surface area contributed by atoms with Crippen LogP contribution in [0.3, 0.4) is 0 Å². The van der Waals surface area contributed by atoms with Crippen LogP contribution in [0, 0.1) is 5.41 Å². The largest absolute Gasteiger partial charge is 0.508 e. The van der Waals surface area contributed by atoms with E-state index in [1.807, 2.05) is 12.1 Å². The molecule has 3 N–H and O–H groups in total. The summed E-state index contributed by atoms with van der Waals surface area (Å²) in [5.74, 6) is 0.626. The third-order valence-corrected chi connectivity index (χ3v) is 3.73. The van der Waals surface area contributed by atoms with Crippen LogP contribution in [0.2, 0.25) is 0 Å². The van der Waals surface area contributed by atoms with E-state index in [0.29, 0.717) is 5.75 Å². The Balaban J connectivity index is 2.36. The van der Waals surface area contributed by atoms with Crippen molar-refractivity contribution < 1.29 is 5.11 Å². The minimum Gasteiger partial charge on any atom is -0.508 e. The summed E-state index contributed by atoms with van der Waals surface area (Å²) >= 11 is 3.32. The van der Waals surface area contributed by atoms with Gasteiger partial charge in [0.05, 0.1) is 0 Å². The zero-order valence-corrected chi connectivity index (χ0v) is 9.88. The third kappa shape index (κ3) is 1.35. The number of hydrogen-bond acceptors (Lipinski definition) is 2. The van der Waals surface area contributed by atoms with Crippen molar-refractivity contribution in [3.8, 4) is 5.75 Å². The quantitative estimate of drug-likeness (QED) is 0.811. The van der Waals surface area contributed by atoms with Gasteiger partial charge in [0.2, 0.25) is 0 Å². The van der Waals surface area contributed by atoms with Gasteiger partial charge in [-0.1, -0.05) is 35.8 Å². The maximum Gasteiger partial charge on any atom is 0.120 e. The van der Waals surface area contributed by atoms with E-state index in [9.17, 15) is 5.11 Å². The summed E-state index contributed by atoms with van der Waals surface area (Å²) in [5.41, 5.74) is 7.04. The minimum absolute atomic E-state index is 0.116. The molecule has 2 atom stereocenters. The van der Waals surface area contributed by atoms with Gasteiger partial charge >= 0.3 is 0 Å². The molecule has 0 bridgehead atoms. The molecule has 76 valence electrons. The highest BCUT2D eigenvalue weighted by atomic mass is 79.9. The molecule has 1 aromatic carbocycles. The fourth-order valence-corrected chi connectivity index (χ4v) is 2.40. The number of halogens is 1. The standard InChI is InChI=1S/C11H14BrNO/c1-11(2)9(10(11)13)7-4-3-6(12)5-8(7)14/h3-5,9-10,14H,13H2,1-2H3. The molecule has 0 radical (unpaired) electrons. The highest BCUT2D eigenvalue weighted by molar-refractivity contribution is 9.10. The van der Waals surface area contributed by atoms with Gasteiger partial charge in [0.25, 0.3) is 0 Å². The first-order chi connectivity index (χ1) is 6.44. The van der Waals surface area contributed by atoms with Crippen LogP contribution in [0.4, 0.5) is 0 Å². The number of nitrogens with two attached hydrogens (primary N) is 1. The van der Waals surface area contributed by atoms with E-state index < -0.39 is 0 Å². The lowest BCUT2D eigenvalue weighted by Crippen LogP contribution is -2.06. The van der Waals surface area contributed by atoms with Gasteiger partial charge in [-0.3, -0.25) is 0 Å². The Hall–Kier alpha value is -0.540. The molecule has 1 aliphatic carbocycles. The molecule has 0 amide bonds. The Morgan fingerprint density at radius 1 is 1.43 bits per heavy atom. The lowest BCUT2D eigenvalue weighted by atomic mass is 10.0. The van der Waals surface area contributed by atoms with E-state index >= 15 is 0 Å². The Bertz CT molecular complexity index is 376. The van der Waals surface area contributed by atoms with Crippen LogP contribution in [-0.4, -0.2) is 11.1 Å². The van der Waals surface area contributed by atoms with Gasteiger partial charge < -0.3 is 10.8 Å². The number of rotatable bonds is 1. The molecule has 0 heterocycles. The van der Waals surface area contributed by atoms with Gasteiger partial charge in [0.15, 0.2) is 0 Å². The van der Waals surface area contributed by atoms with Gasteiger partial charge in [-0.2, -0.15) is 0 Å². The summed E-state index contributed by atoms with van der Waals surface area (Å²) in [5, 5.41) is 9.77. The summed E-state index contributed by atoms with van der Waals surface area (Å²) < 4.78 is 0.894. The molecule has 0 aromatic heterocycles. The number of phenolic OH excluding ortho intramolecular Hbond substituents is 1. The van der Waals surface area contributed by atoms with Crippen molar-refractivity contribution in [2.45, 2.75) is 25.8 Å². The first-order valence-corrected chi connectivity index (χ1v) is 5.48. The second-order valence-electron chi connectivity index (χ2n) is 4.53. The average molecular weight is 256 g/mol. The molecule has 14 heavy (non-hydrogen) atoms. The average Bonchev–Trinajstić information content (AvgIpc) is 2.54. The highest BCUT2D eigenvalue weighted by Crippen LogP contribution is 2.59. The van der Waals surface area contributed by atoms with E-state index in [2.05, 4.69) is 29.8 Å². The molecule has 2 rings (SSSR count). The summed E-state index contributed by atoms with van der Waals surface area (Å²) in [7, 11) is 0. The maximum atomic E-state index is 9.77. The molecule has 1 fully saturated rings. The van der Waals surface area contributed by atoms with Gasteiger partial charge in [0.1, 0.15) is 5.75 Å². The molecule has 2 unspecified atom stereocenters. The van der Waals surface area contributed by atoms with Crippen LogP contribution < -0.4 is 5.73 Å². The molecule has 1 saturated carbocycles. The van der Waals surface area contributed by atoms with Crippen LogP contribution in [0.15, 0.2) is 22.7 Å². The van der Waals surface area contributed by atoms with Crippen molar-refractivity contribution in [1.82, 2.24) is 0 Å². The number of phenols is 1. The van der Waals surface area contributed by atoms with E-state index in [0.717, 1.165) is 10.0 Å². The predicted octanol–water partition coefficient (Wildman–Crippen LogP) is 2.61. The summed E-state index contributed by atoms with van der Waals surface area (Å²) in [4.78, 5) is 0. The second kappa shape index (κ2) is 2.97. The summed E-state index contributed by atoms with van der Waals surface area (Å²) in [6.45, 7) is 4.26. The number of benzene rings is 1. The summed E-state index contributed by atoms with van der Waals surface area (Å²) in [6, 6.07) is 5.76. The Morgan fingerprint density at radius 3 is 2.43 bits per heavy atom. The van der Waals surface area contributed by atoms with Crippen LogP contribution >= 0.6 is 15.9 Å². The fourth-order valence-electron chi connectivity index (χ4n) is 2.05. The molecule has 3 heteroatoms. The van der Waals surface area contributed by atoms with Crippen molar-refractivity contribution >= 4 is 15.9 Å². The lowest BCUT2D eigenvalue weighted by Gasteiger charge is -2.05. The first kappa shape index (κ1) is 9.99. The smallest absolute Gasteiger partial charge is 0.120 e. The lowest BCUT2D eigenvalue weighted by molar-refractivity contribution is 0.464. The monoisotopic (exact) mass is 255 g/mol. The van der Waals surface area contributed by atoms with Gasteiger partial charge in [-0.25, -0.2) is 0 Å². The molecule has 0 spiro atoms. The van der Waals surface area contributed by atoms with E-state index in [-0.39, 0.29) is 17.4 Å². The fraction of sp³-hybridized carbons (Fsp3) is 0.455. The van der Waals surface area contributed by atoms with Crippen molar-refractivity contribution in [2.75, 3.05) is 0 Å². The summed E-state index contributed by atoms with van der Waals surface area (Å²) in [6.07, 6.45) is 0. The SMILES string of the molecule is CC1(C)C(N)C1c1ccc(Br)cc1O. The zero-order valence-electron chi connectivity index (χ0n) is 8.29. The predicted molar refractivity (Wildman–Crippen MR) is 60.3 cm³/mol. The van der Waals surface area contributed by atoms with Crippen molar-refractivity contribution in [1.29, 1.82) is 0 Å². The number of aromatic hydroxyl groups is 1. The molecular weight excluding hydrogens is 242 g/mol. The molecule has 1 aromatic rings. The molecule has 0 aliphatic heterocycles. The van der Waals surface area contributed by atoms with Gasteiger partial charge in [-0.05, 0) is 23.1 Å². The van der Waals surface area contributed by atoms with E-state index in [1.54, 1.807) is 6.07 Å². The Kier molecular flexibility index (Phi) is 2.12. The maximum absolute atomic E-state index is 9.77. The van der Waals surface area contributed by atoms with Crippen molar-refractivity contribution in [3.05, 3.63) is 28.2 Å². The van der Waals surface area contributed by atoms with Crippen LogP contribution in [-0.2, 0) is 0 Å². The normalized spacial score (nSPS) is 28.9. The van der Waals surface area contributed by atoms with Crippen LogP contribution in [0.1, 0.15) is 25.3 Å². The Morgan fingerprint density at radius 2 is 2.00 bits per heavy atom. The molecule has 2 nitrogen and oxygen atoms in total. The van der Waals surface area contributed by atoms with Crippen LogP contribution in [0.5, 0.6) is 5.75 Å². The van der Waals surface area contributed by atoms with E-state index in [1.165, 1.54) is 0 Å². The second-order valence-corrected chi connectivity index (χ2v) is 5.44. The van der Waals surface area contributed by atoms with Gasteiger partial charge in [0, 0.05) is 16.4 Å². The van der Waals surface area contributed by atoms with Gasteiger partial charge in [-0.15, -0.1) is 0 Å². The first-order valence-electron chi connectivity index (χ1n) is 4.68. The minimum atomic E-state index is 0.116. The topological polar surface area (TPSA) is 46.2 Å².